The molecule has 1 aromatic heterocycles. The van der Waals surface area contributed by atoms with Crippen molar-refractivity contribution < 1.29 is 14.0 Å². The maximum absolute atomic E-state index is 14.1. The molecule has 0 saturated heterocycles. The highest BCUT2D eigenvalue weighted by Crippen LogP contribution is 2.42. The summed E-state index contributed by atoms with van der Waals surface area (Å²) < 4.78 is 16.6. The molecule has 0 N–H and O–H groups in total. The van der Waals surface area contributed by atoms with Crippen LogP contribution < -0.4 is 4.90 Å². The summed E-state index contributed by atoms with van der Waals surface area (Å²) in [5.41, 5.74) is 3.79. The van der Waals surface area contributed by atoms with E-state index in [1.807, 2.05) is 62.5 Å². The number of hydrogen-bond donors (Lipinski definition) is 0. The van der Waals surface area contributed by atoms with Crippen molar-refractivity contribution in [3.8, 4) is 5.69 Å². The fourth-order valence-electron chi connectivity index (χ4n) is 4.72. The highest BCUT2D eigenvalue weighted by atomic mass is 79.9. The number of nitrogens with zero attached hydrogens (tertiary/aromatic N) is 3. The second-order valence-corrected chi connectivity index (χ2v) is 9.96. The quantitative estimate of drug-likeness (QED) is 0.292. The molecule has 1 unspecified atom stereocenters. The van der Waals surface area contributed by atoms with E-state index >= 15 is 0 Å². The van der Waals surface area contributed by atoms with Crippen LogP contribution in [-0.4, -0.2) is 33.9 Å². The van der Waals surface area contributed by atoms with Gasteiger partial charge in [-0.05, 0) is 74.0 Å². The van der Waals surface area contributed by atoms with Crippen LogP contribution in [0.4, 0.5) is 10.1 Å². The molecule has 3 aromatic carbocycles. The second kappa shape index (κ2) is 9.74. The Morgan fingerprint density at radius 3 is 2.36 bits per heavy atom. The van der Waals surface area contributed by atoms with Crippen molar-refractivity contribution in [2.24, 2.45) is 0 Å². The van der Waals surface area contributed by atoms with Gasteiger partial charge in [-0.3, -0.25) is 14.5 Å². The summed E-state index contributed by atoms with van der Waals surface area (Å²) in [6.45, 7) is 3.70. The number of carbonyl (C=O) groups is 2. The van der Waals surface area contributed by atoms with E-state index < -0.39 is 6.04 Å². The predicted molar refractivity (Wildman–Crippen MR) is 142 cm³/mol. The van der Waals surface area contributed by atoms with E-state index in [1.54, 1.807) is 40.1 Å². The average molecular weight is 546 g/mol. The molecule has 7 heteroatoms. The van der Waals surface area contributed by atoms with Crippen molar-refractivity contribution in [3.63, 3.8) is 0 Å². The molecular weight excluding hydrogens is 521 g/mol. The molecular formula is C29H25BrFN3O2. The maximum Gasteiger partial charge on any atom is 0.254 e. The van der Waals surface area contributed by atoms with Crippen molar-refractivity contribution in [1.82, 2.24) is 9.47 Å². The molecule has 0 aliphatic carbocycles. The molecule has 4 aromatic rings. The lowest BCUT2D eigenvalue weighted by molar-refractivity contribution is -0.120. The van der Waals surface area contributed by atoms with Crippen LogP contribution in [0.5, 0.6) is 0 Å². The smallest absolute Gasteiger partial charge is 0.254 e. The Morgan fingerprint density at radius 2 is 1.67 bits per heavy atom. The molecule has 5 rings (SSSR count). The number of rotatable bonds is 5. The lowest BCUT2D eigenvalue weighted by Crippen LogP contribution is -2.48. The number of benzene rings is 3. The van der Waals surface area contributed by atoms with Crippen molar-refractivity contribution in [2.45, 2.75) is 25.9 Å². The summed E-state index contributed by atoms with van der Waals surface area (Å²) in [5, 5.41) is 0. The van der Waals surface area contributed by atoms with Crippen LogP contribution in [0.1, 0.15) is 41.5 Å². The van der Waals surface area contributed by atoms with E-state index in [0.717, 1.165) is 27.1 Å². The molecule has 0 saturated carbocycles. The summed E-state index contributed by atoms with van der Waals surface area (Å²) in [7, 11) is 0. The van der Waals surface area contributed by atoms with Crippen LogP contribution in [0.2, 0.25) is 0 Å². The van der Waals surface area contributed by atoms with Gasteiger partial charge < -0.3 is 9.47 Å². The van der Waals surface area contributed by atoms with Crippen LogP contribution in [0, 0.1) is 5.82 Å². The third-order valence-corrected chi connectivity index (χ3v) is 6.93. The zero-order chi connectivity index (χ0) is 25.4. The number of para-hydroxylation sites is 2. The number of hydrogen-bond acceptors (Lipinski definition) is 2. The van der Waals surface area contributed by atoms with E-state index in [-0.39, 0.29) is 30.2 Å². The molecule has 1 aliphatic heterocycles. The Morgan fingerprint density at radius 1 is 0.944 bits per heavy atom. The minimum Gasteiger partial charge on any atom is -0.327 e. The summed E-state index contributed by atoms with van der Waals surface area (Å²) in [6, 6.07) is 24.3. The van der Waals surface area contributed by atoms with E-state index in [9.17, 15) is 14.0 Å². The Kier molecular flexibility index (Phi) is 6.49. The van der Waals surface area contributed by atoms with Gasteiger partial charge in [0.1, 0.15) is 18.4 Å². The van der Waals surface area contributed by atoms with Gasteiger partial charge in [0.25, 0.3) is 5.91 Å². The topological polar surface area (TPSA) is 45.6 Å². The first kappa shape index (κ1) is 24.0. The third kappa shape index (κ3) is 4.35. The first-order valence-corrected chi connectivity index (χ1v) is 12.5. The molecule has 2 heterocycles. The fraction of sp³-hybridized carbons (Fsp3) is 0.172. The third-order valence-electron chi connectivity index (χ3n) is 6.44. The van der Waals surface area contributed by atoms with Crippen molar-refractivity contribution in [2.75, 3.05) is 11.4 Å². The highest BCUT2D eigenvalue weighted by molar-refractivity contribution is 9.10. The lowest BCUT2D eigenvalue weighted by Gasteiger charge is -2.40. The maximum atomic E-state index is 14.1. The van der Waals surface area contributed by atoms with Crippen molar-refractivity contribution in [3.05, 3.63) is 118 Å². The molecule has 0 fully saturated rings. The van der Waals surface area contributed by atoms with Gasteiger partial charge in [-0.1, -0.05) is 46.3 Å². The number of anilines is 1. The van der Waals surface area contributed by atoms with Crippen molar-refractivity contribution >= 4 is 33.4 Å². The molecule has 0 radical (unpaired) electrons. The number of amides is 2. The van der Waals surface area contributed by atoms with E-state index in [4.69, 9.17) is 0 Å². The van der Waals surface area contributed by atoms with Gasteiger partial charge >= 0.3 is 0 Å². The normalized spacial score (nSPS) is 14.4. The molecule has 182 valence electrons. The van der Waals surface area contributed by atoms with Gasteiger partial charge in [0.05, 0.1) is 17.1 Å². The van der Waals surface area contributed by atoms with Crippen molar-refractivity contribution in [1.29, 1.82) is 0 Å². The van der Waals surface area contributed by atoms with Gasteiger partial charge in [0, 0.05) is 22.3 Å². The Labute approximate surface area is 217 Å². The van der Waals surface area contributed by atoms with Gasteiger partial charge in [0.15, 0.2) is 0 Å². The standard InChI is InChI=1S/C29H25BrFN3O2/c1-19(2)33(29(36)21-7-5-8-22(30)17-21)18-27(35)34-25-10-4-3-9-24(25)32-16-6-11-26(32)28(34)20-12-14-23(31)15-13-20/h3-17,19,28H,18H2,1-2H3. The Hall–Kier alpha value is -3.71. The molecule has 36 heavy (non-hydrogen) atoms. The van der Waals surface area contributed by atoms with Gasteiger partial charge in [-0.2, -0.15) is 0 Å². The number of halogens is 2. The summed E-state index contributed by atoms with van der Waals surface area (Å²) in [6.07, 6.45) is 1.96. The predicted octanol–water partition coefficient (Wildman–Crippen LogP) is 6.37. The monoisotopic (exact) mass is 545 g/mol. The Balaban J connectivity index is 1.57. The molecule has 1 atom stereocenters. The van der Waals surface area contributed by atoms with Crippen LogP contribution in [0.3, 0.4) is 0 Å². The molecule has 0 spiro atoms. The first-order valence-electron chi connectivity index (χ1n) is 11.8. The van der Waals surface area contributed by atoms with Crippen LogP contribution >= 0.6 is 15.9 Å². The zero-order valence-electron chi connectivity index (χ0n) is 19.9. The van der Waals surface area contributed by atoms with E-state index in [2.05, 4.69) is 20.5 Å². The minimum absolute atomic E-state index is 0.101. The first-order chi connectivity index (χ1) is 17.3. The van der Waals surface area contributed by atoms with Gasteiger partial charge in [-0.25, -0.2) is 4.39 Å². The van der Waals surface area contributed by atoms with Gasteiger partial charge in [-0.15, -0.1) is 0 Å². The lowest BCUT2D eigenvalue weighted by atomic mass is 9.97. The minimum atomic E-state index is -0.474. The highest BCUT2D eigenvalue weighted by Gasteiger charge is 2.37. The molecule has 1 aliphatic rings. The average Bonchev–Trinajstić information content (AvgIpc) is 3.36. The number of carbonyl (C=O) groups excluding carboxylic acids is 2. The second-order valence-electron chi connectivity index (χ2n) is 9.05. The molecule has 0 bridgehead atoms. The van der Waals surface area contributed by atoms with Crippen LogP contribution in [-0.2, 0) is 4.79 Å². The Bertz CT molecular complexity index is 1430. The van der Waals surface area contributed by atoms with E-state index in [0.29, 0.717) is 5.56 Å². The molecule has 2 amide bonds. The summed E-state index contributed by atoms with van der Waals surface area (Å²) in [5.74, 6) is -0.776. The summed E-state index contributed by atoms with van der Waals surface area (Å²) in [4.78, 5) is 30.9. The van der Waals surface area contributed by atoms with E-state index in [1.165, 1.54) is 12.1 Å². The molecule has 5 nitrogen and oxygen atoms in total. The van der Waals surface area contributed by atoms with Crippen LogP contribution in [0.15, 0.2) is 95.6 Å². The number of aromatic nitrogens is 1. The fourth-order valence-corrected chi connectivity index (χ4v) is 5.12. The van der Waals surface area contributed by atoms with Crippen LogP contribution in [0.25, 0.3) is 5.69 Å². The van der Waals surface area contributed by atoms with Gasteiger partial charge in [0.2, 0.25) is 5.91 Å². The summed E-state index contributed by atoms with van der Waals surface area (Å²) >= 11 is 3.42. The number of fused-ring (bicyclic) bond motifs is 3. The zero-order valence-corrected chi connectivity index (χ0v) is 21.5. The SMILES string of the molecule is CC(C)N(CC(=O)N1c2ccccc2-n2cccc2C1c1ccc(F)cc1)C(=O)c1cccc(Br)c1. The largest absolute Gasteiger partial charge is 0.327 e.